The average molecular weight is 369 g/mol. The number of hydrogen-bond donors (Lipinski definition) is 1. The molecule has 0 amide bonds. The van der Waals surface area contributed by atoms with Crippen molar-refractivity contribution in [2.75, 3.05) is 21.3 Å². The summed E-state index contributed by atoms with van der Waals surface area (Å²) < 4.78 is 12.2. The van der Waals surface area contributed by atoms with Crippen LogP contribution in [0.3, 0.4) is 0 Å². The molecule has 3 rings (SSSR count). The van der Waals surface area contributed by atoms with Crippen LogP contribution < -0.4 is 14.3 Å². The number of methoxy groups -OCH3 is 2. The second kappa shape index (κ2) is 7.88. The first-order valence-electron chi connectivity index (χ1n) is 7.85. The fourth-order valence-electron chi connectivity index (χ4n) is 2.41. The Hall–Kier alpha value is -3.06. The maximum Gasteiger partial charge on any atom is 0.205 e. The highest BCUT2D eigenvalue weighted by Gasteiger charge is 2.08. The highest BCUT2D eigenvalue weighted by molar-refractivity contribution is 7.07. The molecule has 0 atom stereocenters. The molecule has 0 aliphatic heterocycles. The Balaban J connectivity index is 2.03. The number of aromatic nitrogens is 1. The molecule has 0 saturated heterocycles. The Kier molecular flexibility index (Phi) is 5.38. The van der Waals surface area contributed by atoms with E-state index >= 15 is 0 Å². The van der Waals surface area contributed by atoms with Crippen LogP contribution in [0.25, 0.3) is 11.3 Å². The second-order valence-corrected chi connectivity index (χ2v) is 6.17. The van der Waals surface area contributed by atoms with Crippen LogP contribution in [0.5, 0.6) is 17.2 Å². The van der Waals surface area contributed by atoms with Gasteiger partial charge in [-0.3, -0.25) is 4.99 Å². The molecule has 26 heavy (non-hydrogen) atoms. The van der Waals surface area contributed by atoms with E-state index < -0.39 is 0 Å². The lowest BCUT2D eigenvalue weighted by molar-refractivity contribution is 0.412. The van der Waals surface area contributed by atoms with Gasteiger partial charge < -0.3 is 14.6 Å². The van der Waals surface area contributed by atoms with E-state index in [1.807, 2.05) is 29.6 Å². The molecule has 6 nitrogen and oxygen atoms in total. The van der Waals surface area contributed by atoms with E-state index in [-0.39, 0.29) is 5.75 Å². The van der Waals surface area contributed by atoms with Crippen LogP contribution >= 0.6 is 11.3 Å². The van der Waals surface area contributed by atoms with Gasteiger partial charge in [-0.2, -0.15) is 5.10 Å². The zero-order valence-corrected chi connectivity index (χ0v) is 15.5. The lowest BCUT2D eigenvalue weighted by Crippen LogP contribution is -2.11. The molecule has 1 aromatic heterocycles. The molecule has 1 N–H and O–H groups in total. The zero-order chi connectivity index (χ0) is 18.5. The first-order chi connectivity index (χ1) is 12.7. The lowest BCUT2D eigenvalue weighted by Gasteiger charge is -2.06. The van der Waals surface area contributed by atoms with Crippen molar-refractivity contribution in [2.24, 2.45) is 10.1 Å². The fourth-order valence-corrected chi connectivity index (χ4v) is 3.21. The monoisotopic (exact) mass is 369 g/mol. The quantitative estimate of drug-likeness (QED) is 0.701. The van der Waals surface area contributed by atoms with Crippen molar-refractivity contribution in [1.82, 2.24) is 4.68 Å². The van der Waals surface area contributed by atoms with Crippen molar-refractivity contribution in [2.45, 2.75) is 0 Å². The first kappa shape index (κ1) is 17.8. The normalized spacial score (nSPS) is 11.9. The highest BCUT2D eigenvalue weighted by atomic mass is 32.1. The minimum Gasteiger partial charge on any atom is -0.507 e. The van der Waals surface area contributed by atoms with Gasteiger partial charge in [0.15, 0.2) is 0 Å². The van der Waals surface area contributed by atoms with Gasteiger partial charge in [-0.05, 0) is 42.5 Å². The Morgan fingerprint density at radius 2 is 1.73 bits per heavy atom. The molecule has 0 aliphatic rings. The van der Waals surface area contributed by atoms with E-state index in [4.69, 9.17) is 9.47 Å². The van der Waals surface area contributed by atoms with Crippen LogP contribution in [-0.4, -0.2) is 37.3 Å². The van der Waals surface area contributed by atoms with Crippen molar-refractivity contribution in [1.29, 1.82) is 0 Å². The van der Waals surface area contributed by atoms with E-state index in [0.29, 0.717) is 11.3 Å². The third-order valence-corrected chi connectivity index (χ3v) is 4.72. The summed E-state index contributed by atoms with van der Waals surface area (Å²) in [7, 11) is 4.94. The van der Waals surface area contributed by atoms with Gasteiger partial charge in [0.1, 0.15) is 17.2 Å². The predicted molar refractivity (Wildman–Crippen MR) is 103 cm³/mol. The van der Waals surface area contributed by atoms with Gasteiger partial charge >= 0.3 is 0 Å². The SMILES string of the molecule is CN=c1scc(-c2ccc(OC)cc2)n1N=Cc1cc(OC)ccc1O. The molecular formula is C19H19N3O3S. The number of ether oxygens (including phenoxy) is 2. The lowest BCUT2D eigenvalue weighted by atomic mass is 10.2. The number of benzene rings is 2. The summed E-state index contributed by atoms with van der Waals surface area (Å²) in [5.74, 6) is 1.57. The maximum absolute atomic E-state index is 10.0. The fraction of sp³-hybridized carbons (Fsp3) is 0.158. The van der Waals surface area contributed by atoms with Gasteiger partial charge in [-0.25, -0.2) is 4.68 Å². The number of phenolic OH excluding ortho intramolecular Hbond substituents is 1. The molecule has 0 unspecified atom stereocenters. The molecule has 7 heteroatoms. The molecule has 0 fully saturated rings. The van der Waals surface area contributed by atoms with Gasteiger partial charge in [0, 0.05) is 23.6 Å². The largest absolute Gasteiger partial charge is 0.507 e. The third-order valence-electron chi connectivity index (χ3n) is 3.81. The van der Waals surface area contributed by atoms with Gasteiger partial charge in [0.25, 0.3) is 0 Å². The number of hydrogen-bond acceptors (Lipinski definition) is 6. The van der Waals surface area contributed by atoms with Crippen molar-refractivity contribution in [3.63, 3.8) is 0 Å². The summed E-state index contributed by atoms with van der Waals surface area (Å²) in [6.45, 7) is 0. The molecule has 134 valence electrons. The average Bonchev–Trinajstić information content (AvgIpc) is 3.10. The summed E-state index contributed by atoms with van der Waals surface area (Å²) in [4.78, 5) is 5.02. The van der Waals surface area contributed by atoms with Crippen molar-refractivity contribution >= 4 is 17.6 Å². The Morgan fingerprint density at radius 1 is 1.04 bits per heavy atom. The number of rotatable bonds is 5. The molecule has 1 heterocycles. The summed E-state index contributed by atoms with van der Waals surface area (Å²) in [6, 6.07) is 12.7. The highest BCUT2D eigenvalue weighted by Crippen LogP contribution is 2.24. The van der Waals surface area contributed by atoms with Crippen LogP contribution in [0.4, 0.5) is 0 Å². The van der Waals surface area contributed by atoms with E-state index in [1.54, 1.807) is 50.4 Å². The Bertz CT molecular complexity index is 988. The molecule has 2 aromatic carbocycles. The van der Waals surface area contributed by atoms with E-state index in [0.717, 1.165) is 21.8 Å². The molecule has 3 aromatic rings. The topological polar surface area (TPSA) is 68.3 Å². The second-order valence-electron chi connectivity index (χ2n) is 5.34. The molecular weight excluding hydrogens is 350 g/mol. The van der Waals surface area contributed by atoms with Crippen LogP contribution in [0.15, 0.2) is 57.9 Å². The van der Waals surface area contributed by atoms with Crippen LogP contribution in [0.2, 0.25) is 0 Å². The van der Waals surface area contributed by atoms with Crippen LogP contribution in [0.1, 0.15) is 5.56 Å². The maximum atomic E-state index is 10.0. The Labute approximate surface area is 155 Å². The first-order valence-corrected chi connectivity index (χ1v) is 8.73. The predicted octanol–water partition coefficient (Wildman–Crippen LogP) is 3.35. The Morgan fingerprint density at radius 3 is 2.38 bits per heavy atom. The van der Waals surface area contributed by atoms with Gasteiger partial charge in [-0.1, -0.05) is 0 Å². The number of thiazole rings is 1. The van der Waals surface area contributed by atoms with Crippen molar-refractivity contribution in [3.05, 3.63) is 58.2 Å². The zero-order valence-electron chi connectivity index (χ0n) is 14.7. The van der Waals surface area contributed by atoms with Gasteiger partial charge in [-0.15, -0.1) is 11.3 Å². The van der Waals surface area contributed by atoms with Gasteiger partial charge in [0.2, 0.25) is 4.80 Å². The van der Waals surface area contributed by atoms with E-state index in [1.165, 1.54) is 11.3 Å². The standard InChI is InChI=1S/C19H19N3O3S/c1-20-19-22(21-11-14-10-16(25-3)8-9-18(14)23)17(12-26-19)13-4-6-15(24-2)7-5-13/h4-12,23H,1-3H3. The minimum atomic E-state index is 0.131. The van der Waals surface area contributed by atoms with Gasteiger partial charge in [0.05, 0.1) is 26.1 Å². The molecule has 0 aliphatic carbocycles. The van der Waals surface area contributed by atoms with Crippen molar-refractivity contribution < 1.29 is 14.6 Å². The van der Waals surface area contributed by atoms with E-state index in [9.17, 15) is 5.11 Å². The molecule has 0 bridgehead atoms. The summed E-state index contributed by atoms with van der Waals surface area (Å²) in [5, 5.41) is 16.6. The number of aromatic hydroxyl groups is 1. The summed E-state index contributed by atoms with van der Waals surface area (Å²) >= 11 is 1.49. The van der Waals surface area contributed by atoms with Crippen LogP contribution in [-0.2, 0) is 0 Å². The number of nitrogens with zero attached hydrogens (tertiary/aromatic N) is 3. The molecule has 0 radical (unpaired) electrons. The summed E-state index contributed by atoms with van der Waals surface area (Å²) in [5.41, 5.74) is 2.45. The molecule has 0 saturated carbocycles. The van der Waals surface area contributed by atoms with Crippen LogP contribution in [0, 0.1) is 0 Å². The molecule has 0 spiro atoms. The minimum absolute atomic E-state index is 0.131. The van der Waals surface area contributed by atoms with Crippen molar-refractivity contribution in [3.8, 4) is 28.5 Å². The smallest absolute Gasteiger partial charge is 0.205 e. The summed E-state index contributed by atoms with van der Waals surface area (Å²) in [6.07, 6.45) is 1.59. The number of phenols is 1. The third kappa shape index (κ3) is 3.62. The van der Waals surface area contributed by atoms with E-state index in [2.05, 4.69) is 10.1 Å².